The van der Waals surface area contributed by atoms with Crippen molar-refractivity contribution in [1.82, 2.24) is 4.90 Å². The van der Waals surface area contributed by atoms with Crippen molar-refractivity contribution >= 4 is 34.8 Å². The maximum atomic E-state index is 11.4. The zero-order valence-electron chi connectivity index (χ0n) is 10.0. The van der Waals surface area contributed by atoms with Gasteiger partial charge in [-0.3, -0.25) is 9.11 Å². The second kappa shape index (κ2) is 7.46. The number of hydrogen-bond acceptors (Lipinski definition) is 3. The van der Waals surface area contributed by atoms with Crippen LogP contribution < -0.4 is 5.73 Å². The first-order valence-corrected chi connectivity index (χ1v) is 7.62. The molecule has 0 bridgehead atoms. The summed E-state index contributed by atoms with van der Waals surface area (Å²) < 4.78 is 11.4. The Labute approximate surface area is 122 Å². The summed E-state index contributed by atoms with van der Waals surface area (Å²) in [4.78, 5) is 2.28. The third-order valence-electron chi connectivity index (χ3n) is 3.14. The first-order valence-electron chi connectivity index (χ1n) is 5.76. The monoisotopic (exact) mass is 308 g/mol. The molecule has 2 rings (SSSR count). The van der Waals surface area contributed by atoms with Crippen molar-refractivity contribution in [2.75, 3.05) is 31.1 Å². The first kappa shape index (κ1) is 15.9. The van der Waals surface area contributed by atoms with E-state index in [-0.39, 0.29) is 18.4 Å². The van der Waals surface area contributed by atoms with Gasteiger partial charge < -0.3 is 5.73 Å². The summed E-state index contributed by atoms with van der Waals surface area (Å²) in [5, 5.41) is 0.759. The Morgan fingerprint density at radius 2 is 1.94 bits per heavy atom. The molecule has 1 aromatic rings. The molecule has 1 fully saturated rings. The average molecular weight is 309 g/mol. The van der Waals surface area contributed by atoms with Crippen LogP contribution in [0.3, 0.4) is 0 Å². The summed E-state index contributed by atoms with van der Waals surface area (Å²) in [6.07, 6.45) is 0. The van der Waals surface area contributed by atoms with Crippen molar-refractivity contribution in [3.8, 4) is 0 Å². The van der Waals surface area contributed by atoms with Gasteiger partial charge in [-0.2, -0.15) is 0 Å². The van der Waals surface area contributed by atoms with Gasteiger partial charge in [-0.05, 0) is 11.6 Å². The van der Waals surface area contributed by atoms with E-state index in [1.54, 1.807) is 0 Å². The molecule has 1 aliphatic heterocycles. The second-order valence-corrected chi connectivity index (χ2v) is 6.26. The van der Waals surface area contributed by atoms with Crippen molar-refractivity contribution in [1.29, 1.82) is 0 Å². The summed E-state index contributed by atoms with van der Waals surface area (Å²) in [6.45, 7) is 2.20. The van der Waals surface area contributed by atoms with E-state index in [0.717, 1.165) is 35.2 Å². The average Bonchev–Trinajstić information content (AvgIpc) is 2.35. The van der Waals surface area contributed by atoms with Gasteiger partial charge in [-0.1, -0.05) is 29.8 Å². The van der Waals surface area contributed by atoms with Gasteiger partial charge in [0.15, 0.2) is 0 Å². The molecule has 1 atom stereocenters. The van der Waals surface area contributed by atoms with E-state index in [2.05, 4.69) is 4.90 Å². The van der Waals surface area contributed by atoms with E-state index in [4.69, 9.17) is 17.3 Å². The number of hydrogen-bond donors (Lipinski definition) is 1. The summed E-state index contributed by atoms with van der Waals surface area (Å²) in [7, 11) is -0.657. The Morgan fingerprint density at radius 3 is 2.50 bits per heavy atom. The zero-order chi connectivity index (χ0) is 12.3. The highest BCUT2D eigenvalue weighted by molar-refractivity contribution is 7.85. The normalized spacial score (nSPS) is 19.2. The summed E-state index contributed by atoms with van der Waals surface area (Å²) in [5.74, 6) is 1.47. The smallest absolute Gasteiger partial charge is 0.0485 e. The Kier molecular flexibility index (Phi) is 6.60. The van der Waals surface area contributed by atoms with Gasteiger partial charge in [-0.15, -0.1) is 12.4 Å². The quantitative estimate of drug-likeness (QED) is 0.926. The molecule has 102 valence electrons. The molecule has 0 amide bonds. The maximum absolute atomic E-state index is 11.4. The molecule has 6 heteroatoms. The standard InChI is InChI=1S/C12H17ClN2OS.ClH/c13-11-4-2-1-3-10(11)12(9-14)15-5-7-17(16)8-6-15;/h1-4,12H,5-9,14H2;1H. The third-order valence-corrected chi connectivity index (χ3v) is 4.76. The van der Waals surface area contributed by atoms with Gasteiger partial charge in [0.25, 0.3) is 0 Å². The fourth-order valence-corrected chi connectivity index (χ4v) is 3.52. The molecular formula is C12H18Cl2N2OS. The molecule has 0 spiro atoms. The number of nitrogens with zero attached hydrogens (tertiary/aromatic N) is 1. The molecule has 1 aliphatic rings. The second-order valence-electron chi connectivity index (χ2n) is 4.16. The molecule has 0 aliphatic carbocycles. The lowest BCUT2D eigenvalue weighted by Crippen LogP contribution is -2.42. The molecule has 18 heavy (non-hydrogen) atoms. The van der Waals surface area contributed by atoms with E-state index in [9.17, 15) is 4.21 Å². The Balaban J connectivity index is 0.00000162. The fourth-order valence-electron chi connectivity index (χ4n) is 2.18. The van der Waals surface area contributed by atoms with E-state index >= 15 is 0 Å². The van der Waals surface area contributed by atoms with Gasteiger partial charge in [0.2, 0.25) is 0 Å². The minimum Gasteiger partial charge on any atom is -0.329 e. The van der Waals surface area contributed by atoms with Crippen LogP contribution in [0.25, 0.3) is 0 Å². The van der Waals surface area contributed by atoms with E-state index in [0.29, 0.717) is 6.54 Å². The molecule has 2 N–H and O–H groups in total. The minimum absolute atomic E-state index is 0. The Hall–Kier alpha value is -0.130. The van der Waals surface area contributed by atoms with Crippen LogP contribution in [0.4, 0.5) is 0 Å². The van der Waals surface area contributed by atoms with Crippen molar-refractivity contribution in [3.63, 3.8) is 0 Å². The SMILES string of the molecule is Cl.NCC(c1ccccc1Cl)N1CCS(=O)CC1. The van der Waals surface area contributed by atoms with Crippen molar-refractivity contribution in [2.45, 2.75) is 6.04 Å². The van der Waals surface area contributed by atoms with E-state index in [1.807, 2.05) is 24.3 Å². The third kappa shape index (κ3) is 3.68. The molecule has 0 radical (unpaired) electrons. The van der Waals surface area contributed by atoms with Gasteiger partial charge in [0, 0.05) is 53.0 Å². The van der Waals surface area contributed by atoms with E-state index < -0.39 is 10.8 Å². The zero-order valence-corrected chi connectivity index (χ0v) is 12.4. The lowest BCUT2D eigenvalue weighted by molar-refractivity contribution is 0.221. The van der Waals surface area contributed by atoms with Crippen molar-refractivity contribution in [2.24, 2.45) is 5.73 Å². The largest absolute Gasteiger partial charge is 0.329 e. The topological polar surface area (TPSA) is 46.3 Å². The molecule has 0 saturated carbocycles. The number of nitrogens with two attached hydrogens (primary N) is 1. The minimum atomic E-state index is -0.657. The van der Waals surface area contributed by atoms with E-state index in [1.165, 1.54) is 0 Å². The fraction of sp³-hybridized carbons (Fsp3) is 0.500. The van der Waals surface area contributed by atoms with Crippen LogP contribution in [0.2, 0.25) is 5.02 Å². The number of rotatable bonds is 3. The molecule has 1 unspecified atom stereocenters. The van der Waals surface area contributed by atoms with Gasteiger partial charge in [0.1, 0.15) is 0 Å². The van der Waals surface area contributed by atoms with Crippen LogP contribution in [-0.2, 0) is 10.8 Å². The Bertz CT molecular complexity index is 407. The maximum Gasteiger partial charge on any atom is 0.0485 e. The molecular weight excluding hydrogens is 291 g/mol. The highest BCUT2D eigenvalue weighted by Crippen LogP contribution is 2.27. The van der Waals surface area contributed by atoms with Crippen molar-refractivity contribution in [3.05, 3.63) is 34.9 Å². The van der Waals surface area contributed by atoms with Crippen LogP contribution in [0.1, 0.15) is 11.6 Å². The molecule has 1 saturated heterocycles. The predicted octanol–water partition coefficient (Wildman–Crippen LogP) is 1.83. The summed E-state index contributed by atoms with van der Waals surface area (Å²) in [6, 6.07) is 7.95. The Morgan fingerprint density at radius 1 is 1.33 bits per heavy atom. The molecule has 1 aromatic carbocycles. The lowest BCUT2D eigenvalue weighted by atomic mass is 10.1. The molecule has 0 aromatic heterocycles. The molecule has 3 nitrogen and oxygen atoms in total. The van der Waals surface area contributed by atoms with Crippen molar-refractivity contribution < 1.29 is 4.21 Å². The summed E-state index contributed by atoms with van der Waals surface area (Å²) in [5.41, 5.74) is 6.94. The van der Waals surface area contributed by atoms with Crippen LogP contribution in [0, 0.1) is 0 Å². The molecule has 1 heterocycles. The van der Waals surface area contributed by atoms with Gasteiger partial charge in [-0.25, -0.2) is 0 Å². The summed E-state index contributed by atoms with van der Waals surface area (Å²) >= 11 is 6.20. The lowest BCUT2D eigenvalue weighted by Gasteiger charge is -2.34. The van der Waals surface area contributed by atoms with Gasteiger partial charge >= 0.3 is 0 Å². The van der Waals surface area contributed by atoms with Gasteiger partial charge in [0.05, 0.1) is 0 Å². The van der Waals surface area contributed by atoms with Crippen LogP contribution >= 0.6 is 24.0 Å². The highest BCUT2D eigenvalue weighted by Gasteiger charge is 2.24. The first-order chi connectivity index (χ1) is 8.22. The highest BCUT2D eigenvalue weighted by atomic mass is 35.5. The van der Waals surface area contributed by atoms with Crippen LogP contribution in [-0.4, -0.2) is 40.2 Å². The van der Waals surface area contributed by atoms with Crippen LogP contribution in [0.15, 0.2) is 24.3 Å². The number of benzene rings is 1. The number of halogens is 2. The van der Waals surface area contributed by atoms with Crippen LogP contribution in [0.5, 0.6) is 0 Å². The predicted molar refractivity (Wildman–Crippen MR) is 79.9 cm³/mol.